The normalized spacial score (nSPS) is 13.0. The minimum atomic E-state index is -0.136. The number of fused-ring (bicyclic) bond motifs is 2. The van der Waals surface area contributed by atoms with Gasteiger partial charge in [0.1, 0.15) is 5.82 Å². The van der Waals surface area contributed by atoms with E-state index in [0.717, 1.165) is 31.6 Å². The van der Waals surface area contributed by atoms with E-state index in [4.69, 9.17) is 0 Å². The number of aryl methyl sites for hydroxylation is 1. The molecule has 6 nitrogen and oxygen atoms in total. The van der Waals surface area contributed by atoms with Crippen molar-refractivity contribution in [1.29, 1.82) is 0 Å². The molecule has 1 aromatic carbocycles. The van der Waals surface area contributed by atoms with E-state index in [9.17, 15) is 9.59 Å². The van der Waals surface area contributed by atoms with Crippen molar-refractivity contribution in [2.24, 2.45) is 0 Å². The van der Waals surface area contributed by atoms with Gasteiger partial charge in [0, 0.05) is 18.7 Å². The maximum absolute atomic E-state index is 12.5. The lowest BCUT2D eigenvalue weighted by molar-refractivity contribution is -0.115. The lowest BCUT2D eigenvalue weighted by atomic mass is 10.2. The Kier molecular flexibility index (Phi) is 4.52. The van der Waals surface area contributed by atoms with Gasteiger partial charge in [-0.25, -0.2) is 4.98 Å². The van der Waals surface area contributed by atoms with Gasteiger partial charge < -0.3 is 10.6 Å². The molecule has 2 N–H and O–H groups in total. The molecule has 120 valence electrons. The van der Waals surface area contributed by atoms with E-state index in [1.54, 1.807) is 28.8 Å². The van der Waals surface area contributed by atoms with Gasteiger partial charge in [-0.3, -0.25) is 14.2 Å². The number of hydrogen-bond donors (Lipinski definition) is 2. The number of anilines is 1. The number of carbonyl (C=O) groups excluding carboxylic acids is 1. The number of nitrogens with one attached hydrogen (secondary N) is 2. The van der Waals surface area contributed by atoms with Crippen LogP contribution >= 0.6 is 0 Å². The monoisotopic (exact) mass is 312 g/mol. The van der Waals surface area contributed by atoms with E-state index in [1.807, 2.05) is 0 Å². The van der Waals surface area contributed by atoms with E-state index in [-0.39, 0.29) is 18.0 Å². The Bertz CT molecular complexity index is 810. The smallest absolute Gasteiger partial charge is 0.261 e. The summed E-state index contributed by atoms with van der Waals surface area (Å²) in [5, 5.41) is 6.38. The van der Waals surface area contributed by atoms with Gasteiger partial charge in [0.2, 0.25) is 5.91 Å². The van der Waals surface area contributed by atoms with Gasteiger partial charge in [-0.05, 0) is 37.6 Å². The number of nitrogens with zero attached hydrogens (tertiary/aromatic N) is 2. The summed E-state index contributed by atoms with van der Waals surface area (Å²) in [6.45, 7) is 5.30. The lowest BCUT2D eigenvalue weighted by Crippen LogP contribution is -2.28. The molecule has 0 unspecified atom stereocenters. The van der Waals surface area contributed by atoms with Crippen molar-refractivity contribution < 1.29 is 4.79 Å². The molecular weight excluding hydrogens is 292 g/mol. The van der Waals surface area contributed by atoms with Crippen LogP contribution in [0, 0.1) is 0 Å². The third-order valence-electron chi connectivity index (χ3n) is 3.91. The Labute approximate surface area is 134 Å². The SMILES string of the molecule is C=CCCNCC(=O)Nc1ccc2nc3n(c(=O)c2c1)CCC3. The topological polar surface area (TPSA) is 76.0 Å². The Balaban J connectivity index is 1.76. The van der Waals surface area contributed by atoms with E-state index in [2.05, 4.69) is 22.2 Å². The third-order valence-corrected chi connectivity index (χ3v) is 3.91. The number of hydrogen-bond acceptors (Lipinski definition) is 4. The van der Waals surface area contributed by atoms with Crippen LogP contribution in [0.15, 0.2) is 35.6 Å². The number of benzene rings is 1. The molecule has 2 aromatic rings. The molecule has 6 heteroatoms. The third kappa shape index (κ3) is 3.32. The molecule has 1 amide bonds. The van der Waals surface area contributed by atoms with Crippen molar-refractivity contribution in [3.05, 3.63) is 47.0 Å². The molecule has 0 saturated carbocycles. The average molecular weight is 312 g/mol. The van der Waals surface area contributed by atoms with Crippen molar-refractivity contribution in [2.75, 3.05) is 18.4 Å². The van der Waals surface area contributed by atoms with Gasteiger partial charge in [-0.15, -0.1) is 6.58 Å². The highest BCUT2D eigenvalue weighted by Gasteiger charge is 2.16. The Morgan fingerprint density at radius 3 is 3.13 bits per heavy atom. The summed E-state index contributed by atoms with van der Waals surface area (Å²) < 4.78 is 1.73. The Morgan fingerprint density at radius 2 is 2.30 bits per heavy atom. The summed E-state index contributed by atoms with van der Waals surface area (Å²) in [4.78, 5) is 28.9. The second-order valence-electron chi connectivity index (χ2n) is 5.62. The van der Waals surface area contributed by atoms with Gasteiger partial charge >= 0.3 is 0 Å². The standard InChI is InChI=1S/C17H20N4O2/c1-2-3-8-18-11-16(22)19-12-6-7-14-13(10-12)17(23)21-9-4-5-15(21)20-14/h2,6-7,10,18H,1,3-5,8-9,11H2,(H,19,22). The first-order valence-electron chi connectivity index (χ1n) is 7.84. The van der Waals surface area contributed by atoms with Crippen molar-refractivity contribution in [1.82, 2.24) is 14.9 Å². The molecule has 0 radical (unpaired) electrons. The molecule has 2 heterocycles. The van der Waals surface area contributed by atoms with Gasteiger partial charge in [-0.2, -0.15) is 0 Å². The summed E-state index contributed by atoms with van der Waals surface area (Å²) in [5.41, 5.74) is 1.28. The minimum Gasteiger partial charge on any atom is -0.325 e. The predicted octanol–water partition coefficient (Wildman–Crippen LogP) is 1.45. The van der Waals surface area contributed by atoms with Crippen LogP contribution < -0.4 is 16.2 Å². The fraction of sp³-hybridized carbons (Fsp3) is 0.353. The summed E-state index contributed by atoms with van der Waals surface area (Å²) in [6, 6.07) is 5.27. The molecule has 0 bridgehead atoms. The largest absolute Gasteiger partial charge is 0.325 e. The van der Waals surface area contributed by atoms with Crippen LogP contribution in [0.1, 0.15) is 18.7 Å². The summed E-state index contributed by atoms with van der Waals surface area (Å²) in [5.74, 6) is 0.716. The van der Waals surface area contributed by atoms with Crippen molar-refractivity contribution >= 4 is 22.5 Å². The number of aromatic nitrogens is 2. The molecule has 0 spiro atoms. The Hall–Kier alpha value is -2.47. The summed E-state index contributed by atoms with van der Waals surface area (Å²) in [6.07, 6.45) is 4.42. The molecule has 0 aliphatic carbocycles. The zero-order valence-corrected chi connectivity index (χ0v) is 13.0. The number of carbonyl (C=O) groups is 1. The van der Waals surface area contributed by atoms with E-state index in [1.165, 1.54) is 0 Å². The fourth-order valence-corrected chi connectivity index (χ4v) is 2.77. The first kappa shape index (κ1) is 15.4. The zero-order valence-electron chi connectivity index (χ0n) is 13.0. The zero-order chi connectivity index (χ0) is 16.2. The molecule has 3 rings (SSSR count). The number of amides is 1. The van der Waals surface area contributed by atoms with Crippen LogP contribution in [0.25, 0.3) is 10.9 Å². The van der Waals surface area contributed by atoms with Crippen LogP contribution in [0.3, 0.4) is 0 Å². The van der Waals surface area contributed by atoms with Crippen molar-refractivity contribution in [3.8, 4) is 0 Å². The molecule has 1 aromatic heterocycles. The molecule has 1 aliphatic heterocycles. The second kappa shape index (κ2) is 6.75. The highest BCUT2D eigenvalue weighted by Crippen LogP contribution is 2.18. The van der Waals surface area contributed by atoms with Gasteiger partial charge in [0.15, 0.2) is 0 Å². The highest BCUT2D eigenvalue weighted by molar-refractivity contribution is 5.94. The maximum atomic E-state index is 12.5. The van der Waals surface area contributed by atoms with Crippen molar-refractivity contribution in [2.45, 2.75) is 25.8 Å². The van der Waals surface area contributed by atoms with Crippen molar-refractivity contribution in [3.63, 3.8) is 0 Å². The van der Waals surface area contributed by atoms with E-state index >= 15 is 0 Å². The van der Waals surface area contributed by atoms with E-state index < -0.39 is 0 Å². The molecule has 1 aliphatic rings. The summed E-state index contributed by atoms with van der Waals surface area (Å²) >= 11 is 0. The van der Waals surface area contributed by atoms with Gasteiger partial charge in [0.05, 0.1) is 17.4 Å². The summed E-state index contributed by atoms with van der Waals surface area (Å²) in [7, 11) is 0. The highest BCUT2D eigenvalue weighted by atomic mass is 16.2. The molecule has 0 saturated heterocycles. The van der Waals surface area contributed by atoms with Crippen LogP contribution in [0.5, 0.6) is 0 Å². The van der Waals surface area contributed by atoms with Gasteiger partial charge in [0.25, 0.3) is 5.56 Å². The molecule has 23 heavy (non-hydrogen) atoms. The first-order valence-corrected chi connectivity index (χ1v) is 7.84. The maximum Gasteiger partial charge on any atom is 0.261 e. The van der Waals surface area contributed by atoms with Crippen LogP contribution in [-0.2, 0) is 17.8 Å². The Morgan fingerprint density at radius 1 is 1.43 bits per heavy atom. The molecular formula is C17H20N4O2. The van der Waals surface area contributed by atoms with Crippen LogP contribution in [0.2, 0.25) is 0 Å². The minimum absolute atomic E-state index is 0.0253. The molecule has 0 atom stereocenters. The predicted molar refractivity (Wildman–Crippen MR) is 90.6 cm³/mol. The first-order chi connectivity index (χ1) is 11.2. The van der Waals surface area contributed by atoms with E-state index in [0.29, 0.717) is 23.1 Å². The lowest BCUT2D eigenvalue weighted by Gasteiger charge is -2.09. The fourth-order valence-electron chi connectivity index (χ4n) is 2.77. The second-order valence-corrected chi connectivity index (χ2v) is 5.62. The quantitative estimate of drug-likeness (QED) is 0.625. The van der Waals surface area contributed by atoms with Gasteiger partial charge in [-0.1, -0.05) is 6.08 Å². The average Bonchev–Trinajstić information content (AvgIpc) is 3.01. The molecule has 0 fully saturated rings. The number of rotatable bonds is 6. The van der Waals surface area contributed by atoms with Crippen LogP contribution in [-0.4, -0.2) is 28.5 Å². The van der Waals surface area contributed by atoms with Crippen LogP contribution in [0.4, 0.5) is 5.69 Å².